The van der Waals surface area contributed by atoms with Gasteiger partial charge in [-0.25, -0.2) is 23.1 Å². The van der Waals surface area contributed by atoms with Crippen molar-refractivity contribution in [2.45, 2.75) is 163 Å². The van der Waals surface area contributed by atoms with Crippen molar-refractivity contribution in [2.24, 2.45) is 5.73 Å². The van der Waals surface area contributed by atoms with Gasteiger partial charge in [0, 0.05) is 47.7 Å². The molecule has 103 heavy (non-hydrogen) atoms. The molecule has 574 valence electrons. The zero-order valence-electron chi connectivity index (χ0n) is 60.3. The first-order valence-electron chi connectivity index (χ1n) is 30.9. The Balaban J connectivity index is 0.00000118. The number of fused-ring (bicyclic) bond motifs is 4. The molecule has 0 amide bonds. The topological polar surface area (TPSA) is 339 Å². The molecule has 0 spiro atoms. The van der Waals surface area contributed by atoms with Crippen LogP contribution in [0.15, 0.2) is 83.0 Å². The quantitative estimate of drug-likeness (QED) is 0.00709. The molecule has 0 unspecified atom stereocenters. The molecule has 23 nitrogen and oxygen atoms in total. The maximum atomic E-state index is 13.9. The van der Waals surface area contributed by atoms with E-state index in [-0.39, 0.29) is 122 Å². The van der Waals surface area contributed by atoms with Gasteiger partial charge in [-0.3, -0.25) is 20.2 Å². The molecule has 7 aromatic rings. The van der Waals surface area contributed by atoms with Crippen LogP contribution in [0.3, 0.4) is 0 Å². The van der Waals surface area contributed by atoms with Gasteiger partial charge in [0.1, 0.15) is 46.7 Å². The van der Waals surface area contributed by atoms with Crippen LogP contribution in [0.5, 0.6) is 0 Å². The number of nitrogens with zero attached hydrogens (tertiary/aromatic N) is 6. The van der Waals surface area contributed by atoms with Gasteiger partial charge < -0.3 is 75.7 Å². The van der Waals surface area contributed by atoms with Gasteiger partial charge in [-0.15, -0.1) is 28.8 Å². The first kappa shape index (κ1) is 100. The monoisotopic (exact) mass is 1850 g/mol. The van der Waals surface area contributed by atoms with E-state index in [1.54, 1.807) is 79.0 Å². The van der Waals surface area contributed by atoms with Crippen molar-refractivity contribution >= 4 is 153 Å². The van der Waals surface area contributed by atoms with Crippen LogP contribution in [0.1, 0.15) is 122 Å². The number of hydrogen-bond donors (Lipinski definition) is 8. The van der Waals surface area contributed by atoms with Crippen molar-refractivity contribution in [3.63, 3.8) is 0 Å². The van der Waals surface area contributed by atoms with E-state index in [2.05, 4.69) is 119 Å². The summed E-state index contributed by atoms with van der Waals surface area (Å²) < 4.78 is 107. The minimum Gasteiger partial charge on any atom is -0.850 e. The molecule has 5 aromatic carbocycles. The van der Waals surface area contributed by atoms with Gasteiger partial charge in [0.25, 0.3) is 5.97 Å². The second-order valence-corrected chi connectivity index (χ2v) is 31.3. The van der Waals surface area contributed by atoms with E-state index in [9.17, 15) is 56.8 Å². The van der Waals surface area contributed by atoms with E-state index in [1.807, 2.05) is 40.7 Å². The smallest absolute Gasteiger partial charge is 0.850 e. The van der Waals surface area contributed by atoms with Crippen LogP contribution in [-0.4, -0.2) is 136 Å². The number of nitrogens with one attached hydrogen (secondary N) is 2. The molecule has 0 saturated carbocycles. The largest absolute Gasteiger partial charge is 1.00 e. The normalized spacial score (nSPS) is 12.6. The standard InChI is InChI=1S/C12H13BrClFN2O.C12H12BrFN2O.C10H12BrFN2O3.C10H14BrFN2O.C8H17ClO3.C6H2BrF2NO2.C4H11NO.C4H9O.K/c1-12(2,6-18)17-9-4-7(13)3-8(15)11(9)16-10(17)5-14;1-12(2)6-17-5-10-15-11-8(14)3-7(13)4-9(11)16(10)12;1-10(2,5-15)13-8-4-6(11)3-7(12)9(8)14(16)17;1-10(2,5-15)14-8-4-6(11)3-7(12)9(8)13;1-4-10-8(7-9,11-5-2)12-6-3;7-3-1-4(8)6(10(11)12)5(9)2-3;1-4(2,5)3-6;1-4(2,3)5;/h3-4,18H,5-6H2,1-2H3;3-4H,5-6H2,1-2H3;3-4,13,15H,5H2,1-2H3;3-4,14-15H,5,13H2,1-2H3;4-7H2,1-3H3;1-2H;6H,3,5H2,1-2H3;1-3H3;/q;;;;;;;-1;+1. The zero-order chi connectivity index (χ0) is 79.0. The molecule has 1 aliphatic rings. The predicted molar refractivity (Wildman–Crippen MR) is 403 cm³/mol. The Bertz CT molecular complexity index is 3830. The summed E-state index contributed by atoms with van der Waals surface area (Å²) in [5.41, 5.74) is 8.53. The number of alkyl halides is 2. The molecule has 0 aliphatic carbocycles. The Morgan fingerprint density at radius 1 is 0.602 bits per heavy atom. The number of hydrogen-bond acceptors (Lipinski definition) is 19. The third-order valence-electron chi connectivity index (χ3n) is 12.8. The van der Waals surface area contributed by atoms with Crippen LogP contribution in [0.25, 0.3) is 22.1 Å². The first-order chi connectivity index (χ1) is 46.8. The van der Waals surface area contributed by atoms with E-state index >= 15 is 0 Å². The SMILES string of the molecule is CC(C)(C)[O-].CC(C)(CO)Nc1cc(Br)cc(F)c1N.CC(C)(CO)Nc1cc(Br)cc(F)c1[N+](=O)[O-].CC(C)(CO)n1c(CCl)nc2c(F)cc(Br)cc21.CC(C)(N)CO.CC1(C)COCc2nc3c(F)cc(Br)cc3n21.CCOC(CCl)(OCC)OCC.O=[N+]([O-])c1c(F)cc(Br)cc1F.[K+]. The molecular weight excluding hydrogens is 1760 g/mol. The third-order valence-corrected chi connectivity index (χ3v) is 15.6. The number of rotatable bonds is 19. The number of nitrogen functional groups attached to an aromatic ring is 1. The van der Waals surface area contributed by atoms with Gasteiger partial charge in [0.05, 0.1) is 93.3 Å². The average Bonchev–Trinajstić information content (AvgIpc) is 1.61. The summed E-state index contributed by atoms with van der Waals surface area (Å²) >= 11 is 27.2. The Morgan fingerprint density at radius 3 is 1.34 bits per heavy atom. The maximum Gasteiger partial charge on any atom is 1.00 e. The van der Waals surface area contributed by atoms with E-state index < -0.39 is 84.0 Å². The molecule has 0 atom stereocenters. The maximum absolute atomic E-state index is 13.9. The molecular formula is C66H90Br5Cl2F6KN10O13. The van der Waals surface area contributed by atoms with E-state index in [0.717, 1.165) is 34.0 Å². The summed E-state index contributed by atoms with van der Waals surface area (Å²) in [5, 5.41) is 72.6. The summed E-state index contributed by atoms with van der Waals surface area (Å²) in [5.74, 6) is -3.86. The number of nitro benzene ring substituents is 2. The number of nitrogens with two attached hydrogens (primary N) is 2. The predicted octanol–water partition coefficient (Wildman–Crippen LogP) is 13.1. The van der Waals surface area contributed by atoms with Gasteiger partial charge in [-0.05, 0) is 151 Å². The van der Waals surface area contributed by atoms with Crippen molar-refractivity contribution in [1.29, 1.82) is 0 Å². The number of ether oxygens (including phenoxy) is 4. The second-order valence-electron chi connectivity index (χ2n) is 26.2. The minimum absolute atomic E-state index is 0. The van der Waals surface area contributed by atoms with Crippen LogP contribution in [0.2, 0.25) is 0 Å². The van der Waals surface area contributed by atoms with Crippen molar-refractivity contribution in [3.05, 3.63) is 150 Å². The van der Waals surface area contributed by atoms with Crippen LogP contribution >= 0.6 is 103 Å². The van der Waals surface area contributed by atoms with E-state index in [4.69, 9.17) is 68.9 Å². The summed E-state index contributed by atoms with van der Waals surface area (Å²) in [6.07, 6.45) is 0. The summed E-state index contributed by atoms with van der Waals surface area (Å²) in [4.78, 5) is 27.5. The zero-order valence-corrected chi connectivity index (χ0v) is 72.8. The number of benzene rings is 5. The number of aliphatic hydroxyl groups excluding tert-OH is 4. The molecule has 0 bridgehead atoms. The number of nitro groups is 2. The number of aliphatic hydroxyl groups is 4. The Hall–Kier alpha value is -2.96. The van der Waals surface area contributed by atoms with E-state index in [1.165, 1.54) is 24.3 Å². The average molecular weight is 1860 g/mol. The van der Waals surface area contributed by atoms with Crippen LogP contribution in [0, 0.1) is 55.1 Å². The van der Waals surface area contributed by atoms with E-state index in [0.29, 0.717) is 69.0 Å². The number of aromatic nitrogens is 4. The fraction of sp³-hybridized carbons (Fsp3) is 0.515. The van der Waals surface area contributed by atoms with Gasteiger partial charge in [0.15, 0.2) is 11.6 Å². The Labute approximate surface area is 690 Å². The number of anilines is 3. The third kappa shape index (κ3) is 33.4. The van der Waals surface area contributed by atoms with Crippen LogP contribution < -0.4 is 78.6 Å². The number of halogens is 13. The van der Waals surface area contributed by atoms with Crippen molar-refractivity contribution in [2.75, 3.05) is 75.1 Å². The molecule has 0 saturated heterocycles. The molecule has 8 rings (SSSR count). The molecule has 10 N–H and O–H groups in total. The first-order valence-corrected chi connectivity index (χ1v) is 35.9. The van der Waals surface area contributed by atoms with Gasteiger partial charge in [-0.2, -0.15) is 13.2 Å². The summed E-state index contributed by atoms with van der Waals surface area (Å²) in [6, 6.07) is 13.6. The fourth-order valence-electron chi connectivity index (χ4n) is 8.32. The summed E-state index contributed by atoms with van der Waals surface area (Å²) in [7, 11) is 0. The molecule has 2 aromatic heterocycles. The second kappa shape index (κ2) is 44.6. The molecule has 3 heterocycles. The molecule has 37 heteroatoms. The molecule has 1 aliphatic heterocycles. The van der Waals surface area contributed by atoms with Gasteiger partial charge in [0.2, 0.25) is 17.5 Å². The minimum atomic E-state index is -1.19. The molecule has 0 radical (unpaired) electrons. The van der Waals surface area contributed by atoms with Crippen molar-refractivity contribution in [1.82, 2.24) is 19.1 Å². The fourth-order valence-corrected chi connectivity index (χ4v) is 10.8. The summed E-state index contributed by atoms with van der Waals surface area (Å²) in [6.45, 7) is 31.0. The van der Waals surface area contributed by atoms with Gasteiger partial charge >= 0.3 is 62.8 Å². The molecule has 0 fully saturated rings. The number of imidazole rings is 2. The Kier molecular flexibility index (Phi) is 43.3. The van der Waals surface area contributed by atoms with Crippen LogP contribution in [-0.2, 0) is 42.5 Å². The Morgan fingerprint density at radius 2 is 0.961 bits per heavy atom. The van der Waals surface area contributed by atoms with Crippen molar-refractivity contribution < 1.29 is 132 Å². The van der Waals surface area contributed by atoms with Crippen LogP contribution in [0.4, 0.5) is 54.8 Å². The van der Waals surface area contributed by atoms with Gasteiger partial charge in [-0.1, -0.05) is 100 Å². The van der Waals surface area contributed by atoms with Crippen molar-refractivity contribution in [3.8, 4) is 0 Å².